The van der Waals surface area contributed by atoms with Crippen LogP contribution in [0.2, 0.25) is 0 Å². The Bertz CT molecular complexity index is 364. The van der Waals surface area contributed by atoms with Crippen molar-refractivity contribution in [2.75, 3.05) is 5.75 Å². The Balaban J connectivity index is 2.72. The number of rotatable bonds is 4. The van der Waals surface area contributed by atoms with Crippen LogP contribution in [0.25, 0.3) is 0 Å². The normalized spacial score (nSPS) is 12.9. The van der Waals surface area contributed by atoms with Crippen molar-refractivity contribution in [3.8, 4) is 0 Å². The van der Waals surface area contributed by atoms with E-state index >= 15 is 0 Å². The highest BCUT2D eigenvalue weighted by Gasteiger charge is 2.11. The van der Waals surface area contributed by atoms with Gasteiger partial charge < -0.3 is 5.11 Å². The first kappa shape index (κ1) is 11.7. The van der Waals surface area contributed by atoms with Crippen LogP contribution in [0.15, 0.2) is 29.3 Å². The maximum Gasteiger partial charge on any atom is 0.329 e. The molecule has 0 spiro atoms. The zero-order chi connectivity index (χ0) is 11.3. The highest BCUT2D eigenvalue weighted by molar-refractivity contribution is 7.80. The van der Waals surface area contributed by atoms with Gasteiger partial charge in [0.2, 0.25) is 0 Å². The van der Waals surface area contributed by atoms with E-state index in [1.165, 1.54) is 30.5 Å². The lowest BCUT2D eigenvalue weighted by Crippen LogP contribution is -2.19. The topological polar surface area (TPSA) is 49.7 Å². The number of carbonyl (C=O) groups is 1. The van der Waals surface area contributed by atoms with Gasteiger partial charge in [0.15, 0.2) is 6.04 Å². The minimum absolute atomic E-state index is 0.132. The van der Waals surface area contributed by atoms with Gasteiger partial charge in [-0.25, -0.2) is 9.18 Å². The number of thiol groups is 1. The van der Waals surface area contributed by atoms with Crippen molar-refractivity contribution < 1.29 is 14.3 Å². The summed E-state index contributed by atoms with van der Waals surface area (Å²) in [6.45, 7) is 0. The fourth-order valence-electron chi connectivity index (χ4n) is 0.914. The molecule has 0 amide bonds. The summed E-state index contributed by atoms with van der Waals surface area (Å²) in [7, 11) is 0. The van der Waals surface area contributed by atoms with Crippen LogP contribution in [0.4, 0.5) is 4.39 Å². The Hall–Kier alpha value is -1.36. The average Bonchev–Trinajstić information content (AvgIpc) is 2.21. The molecule has 0 saturated carbocycles. The van der Waals surface area contributed by atoms with Gasteiger partial charge in [-0.15, -0.1) is 0 Å². The molecule has 1 unspecified atom stereocenters. The van der Waals surface area contributed by atoms with E-state index < -0.39 is 12.0 Å². The average molecular weight is 227 g/mol. The van der Waals surface area contributed by atoms with Crippen molar-refractivity contribution in [3.63, 3.8) is 0 Å². The summed E-state index contributed by atoms with van der Waals surface area (Å²) in [5.74, 6) is -1.23. The third-order valence-corrected chi connectivity index (χ3v) is 2.08. The molecule has 15 heavy (non-hydrogen) atoms. The summed E-state index contributed by atoms with van der Waals surface area (Å²) < 4.78 is 12.5. The first-order valence-electron chi connectivity index (χ1n) is 4.26. The SMILES string of the molecule is O=C(O)C(CS)N=Cc1ccc(F)cc1. The molecule has 0 aliphatic carbocycles. The van der Waals surface area contributed by atoms with Crippen LogP contribution >= 0.6 is 12.6 Å². The second-order valence-electron chi connectivity index (χ2n) is 2.87. The van der Waals surface area contributed by atoms with Gasteiger partial charge in [-0.2, -0.15) is 12.6 Å². The number of nitrogens with zero attached hydrogens (tertiary/aromatic N) is 1. The molecule has 1 aromatic rings. The molecule has 0 aliphatic rings. The molecule has 0 fully saturated rings. The molecule has 0 heterocycles. The lowest BCUT2D eigenvalue weighted by Gasteiger charge is -2.01. The van der Waals surface area contributed by atoms with Crippen LogP contribution in [0.1, 0.15) is 5.56 Å². The van der Waals surface area contributed by atoms with Gasteiger partial charge in [0.25, 0.3) is 0 Å². The molecule has 5 heteroatoms. The molecule has 0 aromatic heterocycles. The predicted molar refractivity (Wildman–Crippen MR) is 59.3 cm³/mol. The molecular formula is C10H10FNO2S. The standard InChI is InChI=1S/C10H10FNO2S/c11-8-3-1-7(2-4-8)5-12-9(6-15)10(13)14/h1-5,9,15H,6H2,(H,13,14). The number of hydrogen-bond donors (Lipinski definition) is 2. The number of carboxylic acids is 1. The second-order valence-corrected chi connectivity index (χ2v) is 3.23. The van der Waals surface area contributed by atoms with Gasteiger partial charge >= 0.3 is 5.97 Å². The van der Waals surface area contributed by atoms with E-state index in [4.69, 9.17) is 5.11 Å². The van der Waals surface area contributed by atoms with Crippen LogP contribution in [0.5, 0.6) is 0 Å². The van der Waals surface area contributed by atoms with Crippen molar-refractivity contribution in [1.29, 1.82) is 0 Å². The fraction of sp³-hybridized carbons (Fsp3) is 0.200. The summed E-state index contributed by atoms with van der Waals surface area (Å²) in [5.41, 5.74) is 0.657. The summed E-state index contributed by atoms with van der Waals surface area (Å²) >= 11 is 3.86. The first-order chi connectivity index (χ1) is 7.13. The number of carboxylic acid groups (broad SMARTS) is 1. The van der Waals surface area contributed by atoms with E-state index in [1.807, 2.05) is 0 Å². The Morgan fingerprint density at radius 2 is 2.13 bits per heavy atom. The van der Waals surface area contributed by atoms with Crippen LogP contribution < -0.4 is 0 Å². The predicted octanol–water partition coefficient (Wildman–Crippen LogP) is 1.63. The highest BCUT2D eigenvalue weighted by Crippen LogP contribution is 2.01. The monoisotopic (exact) mass is 227 g/mol. The van der Waals surface area contributed by atoms with Crippen LogP contribution in [-0.2, 0) is 4.79 Å². The molecule has 1 atom stereocenters. The van der Waals surface area contributed by atoms with Crippen LogP contribution in [-0.4, -0.2) is 29.1 Å². The molecule has 0 radical (unpaired) electrons. The fourth-order valence-corrected chi connectivity index (χ4v) is 1.16. The summed E-state index contributed by atoms with van der Waals surface area (Å²) in [6.07, 6.45) is 1.40. The molecule has 1 N–H and O–H groups in total. The number of halogens is 1. The third kappa shape index (κ3) is 3.71. The highest BCUT2D eigenvalue weighted by atomic mass is 32.1. The Morgan fingerprint density at radius 3 is 2.60 bits per heavy atom. The van der Waals surface area contributed by atoms with Crippen molar-refractivity contribution in [3.05, 3.63) is 35.6 Å². The lowest BCUT2D eigenvalue weighted by atomic mass is 10.2. The van der Waals surface area contributed by atoms with Gasteiger partial charge in [-0.3, -0.25) is 4.99 Å². The number of benzene rings is 1. The van der Waals surface area contributed by atoms with E-state index in [0.717, 1.165) is 0 Å². The maximum atomic E-state index is 12.5. The largest absolute Gasteiger partial charge is 0.480 e. The molecule has 1 rings (SSSR count). The number of aliphatic imine (C=N–C) groups is 1. The summed E-state index contributed by atoms with van der Waals surface area (Å²) in [6, 6.07) is 4.76. The number of aliphatic carboxylic acids is 1. The van der Waals surface area contributed by atoms with Gasteiger partial charge in [-0.05, 0) is 17.7 Å². The Morgan fingerprint density at radius 1 is 1.53 bits per heavy atom. The Kier molecular flexibility index (Phi) is 4.30. The van der Waals surface area contributed by atoms with Crippen molar-refractivity contribution in [2.24, 2.45) is 4.99 Å². The Labute approximate surface area is 92.1 Å². The zero-order valence-electron chi connectivity index (χ0n) is 7.80. The minimum Gasteiger partial charge on any atom is -0.480 e. The van der Waals surface area contributed by atoms with Crippen molar-refractivity contribution in [2.45, 2.75) is 6.04 Å². The van der Waals surface area contributed by atoms with Crippen LogP contribution in [0.3, 0.4) is 0 Å². The smallest absolute Gasteiger partial charge is 0.329 e. The van der Waals surface area contributed by atoms with Gasteiger partial charge in [0.05, 0.1) is 0 Å². The molecule has 3 nitrogen and oxygen atoms in total. The molecule has 80 valence electrons. The molecule has 0 aliphatic heterocycles. The van der Waals surface area contributed by atoms with E-state index in [-0.39, 0.29) is 11.6 Å². The first-order valence-corrected chi connectivity index (χ1v) is 4.89. The second kappa shape index (κ2) is 5.50. The van der Waals surface area contributed by atoms with E-state index in [2.05, 4.69) is 17.6 Å². The van der Waals surface area contributed by atoms with Crippen LogP contribution in [0, 0.1) is 5.82 Å². The van der Waals surface area contributed by atoms with E-state index in [9.17, 15) is 9.18 Å². The molecule has 1 aromatic carbocycles. The maximum absolute atomic E-state index is 12.5. The van der Waals surface area contributed by atoms with Gasteiger partial charge in [0.1, 0.15) is 5.82 Å². The minimum atomic E-state index is -1.02. The zero-order valence-corrected chi connectivity index (χ0v) is 8.69. The summed E-state index contributed by atoms with van der Waals surface area (Å²) in [4.78, 5) is 14.4. The molecular weight excluding hydrogens is 217 g/mol. The molecule has 0 saturated heterocycles. The quantitative estimate of drug-likeness (QED) is 0.606. The van der Waals surface area contributed by atoms with Gasteiger partial charge in [0, 0.05) is 12.0 Å². The lowest BCUT2D eigenvalue weighted by molar-refractivity contribution is -0.137. The third-order valence-electron chi connectivity index (χ3n) is 1.73. The van der Waals surface area contributed by atoms with E-state index in [0.29, 0.717) is 5.56 Å². The van der Waals surface area contributed by atoms with Gasteiger partial charge in [-0.1, -0.05) is 12.1 Å². The summed E-state index contributed by atoms with van der Waals surface area (Å²) in [5, 5.41) is 8.67. The van der Waals surface area contributed by atoms with Crippen molar-refractivity contribution in [1.82, 2.24) is 0 Å². The number of hydrogen-bond acceptors (Lipinski definition) is 3. The van der Waals surface area contributed by atoms with Crippen molar-refractivity contribution >= 4 is 24.8 Å². The molecule has 0 bridgehead atoms. The van der Waals surface area contributed by atoms with E-state index in [1.54, 1.807) is 0 Å².